The molecule has 2 N–H and O–H groups in total. The number of hydrogen-bond donors (Lipinski definition) is 1. The van der Waals surface area contributed by atoms with Gasteiger partial charge in [0.15, 0.2) is 5.78 Å². The predicted octanol–water partition coefficient (Wildman–Crippen LogP) is 2.32. The topological polar surface area (TPSA) is 61.5 Å². The first kappa shape index (κ1) is 13.9. The van der Waals surface area contributed by atoms with Crippen LogP contribution in [0.5, 0.6) is 11.5 Å². The lowest BCUT2D eigenvalue weighted by atomic mass is 9.64. The van der Waals surface area contributed by atoms with Crippen LogP contribution in [0, 0.1) is 12.3 Å². The number of Topliss-reactive ketones (excluding diaryl/α,β-unsaturated/α-hetero) is 1. The number of methoxy groups -OCH3 is 2. The fraction of sp³-hybridized carbons (Fsp3) is 0.533. The lowest BCUT2D eigenvalue weighted by Crippen LogP contribution is -2.44. The van der Waals surface area contributed by atoms with Crippen LogP contribution < -0.4 is 15.2 Å². The standard InChI is InChI=1S/C15H21NO3/c1-10-12(18-2)6-5-11(13(10)19-3)14(17)15(9-16)7-4-8-15/h5-6H,4,7-9,16H2,1-3H3. The zero-order chi connectivity index (χ0) is 14.0. The zero-order valence-electron chi connectivity index (χ0n) is 11.8. The average Bonchev–Trinajstić information content (AvgIpc) is 2.37. The molecule has 1 saturated carbocycles. The fourth-order valence-electron chi connectivity index (χ4n) is 2.75. The normalized spacial score (nSPS) is 16.6. The molecular formula is C15H21NO3. The summed E-state index contributed by atoms with van der Waals surface area (Å²) in [5.74, 6) is 1.43. The Hall–Kier alpha value is -1.55. The van der Waals surface area contributed by atoms with Gasteiger partial charge in [-0.2, -0.15) is 0 Å². The van der Waals surface area contributed by atoms with Gasteiger partial charge in [-0.05, 0) is 31.9 Å². The highest BCUT2D eigenvalue weighted by Gasteiger charge is 2.44. The van der Waals surface area contributed by atoms with E-state index in [-0.39, 0.29) is 11.2 Å². The van der Waals surface area contributed by atoms with Crippen molar-refractivity contribution in [2.45, 2.75) is 26.2 Å². The van der Waals surface area contributed by atoms with Crippen LogP contribution in [-0.4, -0.2) is 26.5 Å². The molecule has 0 bridgehead atoms. The van der Waals surface area contributed by atoms with Gasteiger partial charge in [-0.1, -0.05) is 6.42 Å². The molecule has 0 heterocycles. The lowest BCUT2D eigenvalue weighted by Gasteiger charge is -2.39. The Morgan fingerprint density at radius 3 is 2.42 bits per heavy atom. The summed E-state index contributed by atoms with van der Waals surface area (Å²) < 4.78 is 10.7. The molecular weight excluding hydrogens is 242 g/mol. The highest BCUT2D eigenvalue weighted by atomic mass is 16.5. The van der Waals surface area contributed by atoms with Gasteiger partial charge in [0.2, 0.25) is 0 Å². The van der Waals surface area contributed by atoms with Crippen molar-refractivity contribution >= 4 is 5.78 Å². The van der Waals surface area contributed by atoms with Gasteiger partial charge in [0.05, 0.1) is 19.8 Å². The van der Waals surface area contributed by atoms with E-state index in [0.717, 1.165) is 30.6 Å². The quantitative estimate of drug-likeness (QED) is 0.828. The van der Waals surface area contributed by atoms with Crippen LogP contribution in [-0.2, 0) is 0 Å². The summed E-state index contributed by atoms with van der Waals surface area (Å²) in [6.07, 6.45) is 2.81. The molecule has 19 heavy (non-hydrogen) atoms. The Balaban J connectivity index is 2.45. The molecule has 104 valence electrons. The third kappa shape index (κ3) is 2.10. The first-order valence-electron chi connectivity index (χ1n) is 6.56. The highest BCUT2D eigenvalue weighted by Crippen LogP contribution is 2.45. The van der Waals surface area contributed by atoms with E-state index in [1.807, 2.05) is 13.0 Å². The van der Waals surface area contributed by atoms with Crippen molar-refractivity contribution in [3.8, 4) is 11.5 Å². The van der Waals surface area contributed by atoms with E-state index in [2.05, 4.69) is 0 Å². The SMILES string of the molecule is COc1ccc(C(=O)C2(CN)CCC2)c(OC)c1C. The van der Waals surface area contributed by atoms with Crippen molar-refractivity contribution in [1.82, 2.24) is 0 Å². The summed E-state index contributed by atoms with van der Waals surface area (Å²) in [6.45, 7) is 2.30. The molecule has 1 aromatic rings. The van der Waals surface area contributed by atoms with E-state index in [4.69, 9.17) is 15.2 Å². The van der Waals surface area contributed by atoms with Gasteiger partial charge in [-0.3, -0.25) is 4.79 Å². The minimum absolute atomic E-state index is 0.101. The van der Waals surface area contributed by atoms with Crippen molar-refractivity contribution in [2.75, 3.05) is 20.8 Å². The monoisotopic (exact) mass is 263 g/mol. The second kappa shape index (κ2) is 5.21. The Morgan fingerprint density at radius 2 is 2.00 bits per heavy atom. The third-order valence-electron chi connectivity index (χ3n) is 4.21. The smallest absolute Gasteiger partial charge is 0.174 e. The number of ketones is 1. The molecule has 0 saturated heterocycles. The number of ether oxygens (including phenoxy) is 2. The lowest BCUT2D eigenvalue weighted by molar-refractivity contribution is 0.0632. The minimum atomic E-state index is -0.381. The van der Waals surface area contributed by atoms with Gasteiger partial charge >= 0.3 is 0 Å². The number of rotatable bonds is 5. The molecule has 1 aromatic carbocycles. The molecule has 0 atom stereocenters. The number of hydrogen-bond acceptors (Lipinski definition) is 4. The Morgan fingerprint density at radius 1 is 1.32 bits per heavy atom. The third-order valence-corrected chi connectivity index (χ3v) is 4.21. The Kier molecular flexibility index (Phi) is 3.80. The summed E-state index contributed by atoms with van der Waals surface area (Å²) in [5, 5.41) is 0. The molecule has 1 aliphatic carbocycles. The van der Waals surface area contributed by atoms with Gasteiger partial charge in [0, 0.05) is 17.5 Å². The first-order valence-corrected chi connectivity index (χ1v) is 6.56. The van der Waals surface area contributed by atoms with E-state index in [1.54, 1.807) is 20.3 Å². The van der Waals surface area contributed by atoms with E-state index in [1.165, 1.54) is 0 Å². The number of carbonyl (C=O) groups is 1. The summed E-state index contributed by atoms with van der Waals surface area (Å²) in [5.41, 5.74) is 6.89. The molecule has 4 heteroatoms. The largest absolute Gasteiger partial charge is 0.496 e. The van der Waals surface area contributed by atoms with Crippen molar-refractivity contribution < 1.29 is 14.3 Å². The van der Waals surface area contributed by atoms with Gasteiger partial charge in [0.1, 0.15) is 11.5 Å². The van der Waals surface area contributed by atoms with Crippen molar-refractivity contribution in [3.63, 3.8) is 0 Å². The molecule has 1 fully saturated rings. The van der Waals surface area contributed by atoms with E-state index >= 15 is 0 Å². The summed E-state index contributed by atoms with van der Waals surface area (Å²) >= 11 is 0. The molecule has 0 spiro atoms. The van der Waals surface area contributed by atoms with Crippen LogP contribution >= 0.6 is 0 Å². The average molecular weight is 263 g/mol. The first-order chi connectivity index (χ1) is 9.09. The maximum absolute atomic E-state index is 12.7. The molecule has 0 unspecified atom stereocenters. The van der Waals surface area contributed by atoms with E-state index in [0.29, 0.717) is 17.9 Å². The van der Waals surface area contributed by atoms with E-state index in [9.17, 15) is 4.79 Å². The van der Waals surface area contributed by atoms with Gasteiger partial charge in [-0.25, -0.2) is 0 Å². The second-order valence-corrected chi connectivity index (χ2v) is 5.14. The van der Waals surface area contributed by atoms with Gasteiger partial charge in [-0.15, -0.1) is 0 Å². The van der Waals surface area contributed by atoms with Crippen LogP contribution in [0.25, 0.3) is 0 Å². The zero-order valence-corrected chi connectivity index (χ0v) is 11.8. The molecule has 2 rings (SSSR count). The molecule has 0 aliphatic heterocycles. The van der Waals surface area contributed by atoms with Crippen molar-refractivity contribution in [2.24, 2.45) is 11.1 Å². The Labute approximate surface area is 113 Å². The van der Waals surface area contributed by atoms with Crippen LogP contribution in [0.15, 0.2) is 12.1 Å². The summed E-state index contributed by atoms with van der Waals surface area (Å²) in [4.78, 5) is 12.7. The van der Waals surface area contributed by atoms with Crippen LogP contribution in [0.2, 0.25) is 0 Å². The highest BCUT2D eigenvalue weighted by molar-refractivity contribution is 6.04. The minimum Gasteiger partial charge on any atom is -0.496 e. The molecule has 1 aliphatic rings. The van der Waals surface area contributed by atoms with Crippen LogP contribution in [0.4, 0.5) is 0 Å². The van der Waals surface area contributed by atoms with Gasteiger partial charge in [0.25, 0.3) is 0 Å². The molecule has 0 aromatic heterocycles. The van der Waals surface area contributed by atoms with Crippen molar-refractivity contribution in [3.05, 3.63) is 23.3 Å². The molecule has 0 amide bonds. The second-order valence-electron chi connectivity index (χ2n) is 5.14. The van der Waals surface area contributed by atoms with Gasteiger partial charge < -0.3 is 15.2 Å². The molecule has 4 nitrogen and oxygen atoms in total. The van der Waals surface area contributed by atoms with E-state index < -0.39 is 0 Å². The summed E-state index contributed by atoms with van der Waals surface area (Å²) in [6, 6.07) is 3.59. The number of benzene rings is 1. The summed E-state index contributed by atoms with van der Waals surface area (Å²) in [7, 11) is 3.19. The molecule has 0 radical (unpaired) electrons. The maximum atomic E-state index is 12.7. The van der Waals surface area contributed by atoms with Crippen LogP contribution in [0.1, 0.15) is 35.2 Å². The predicted molar refractivity (Wildman–Crippen MR) is 74.0 cm³/mol. The maximum Gasteiger partial charge on any atom is 0.174 e. The fourth-order valence-corrected chi connectivity index (χ4v) is 2.75. The number of carbonyl (C=O) groups excluding carboxylic acids is 1. The Bertz CT molecular complexity index is 487. The number of nitrogens with two attached hydrogens (primary N) is 1. The van der Waals surface area contributed by atoms with Crippen molar-refractivity contribution in [1.29, 1.82) is 0 Å². The van der Waals surface area contributed by atoms with Crippen LogP contribution in [0.3, 0.4) is 0 Å².